The molecule has 0 fully saturated rings. The van der Waals surface area contributed by atoms with E-state index in [1.54, 1.807) is 57.3 Å². The maximum Gasteiger partial charge on any atom is 0.264 e. The number of hydrogen-bond donors (Lipinski definition) is 1. The smallest absolute Gasteiger partial charge is 0.264 e. The van der Waals surface area contributed by atoms with Gasteiger partial charge < -0.3 is 13.8 Å². The first-order valence-corrected chi connectivity index (χ1v) is 14.3. The van der Waals surface area contributed by atoms with Gasteiger partial charge in [-0.1, -0.05) is 35.5 Å². The number of hydrogen-bond acceptors (Lipinski definition) is 7. The number of sulfonamides is 1. The standard InChI is InChI=1S/C30H26F2N4O5S/c1-18-19(2)34-41-29(18)35-42(38,39)27-7-5-4-6-25(27)24-11-9-21(30-33-12-13-40-30)14-22(24)17-36(3)28(37)15-20-8-10-23(31)16-26(20)32/h4-14,16,35H,15,17H2,1-3H3. The second kappa shape index (κ2) is 11.6. The second-order valence-corrected chi connectivity index (χ2v) is 11.3. The van der Waals surface area contributed by atoms with Crippen LogP contribution in [0.4, 0.5) is 14.7 Å². The van der Waals surface area contributed by atoms with Crippen LogP contribution >= 0.6 is 0 Å². The molecule has 216 valence electrons. The van der Waals surface area contributed by atoms with E-state index in [1.807, 2.05) is 0 Å². The van der Waals surface area contributed by atoms with E-state index in [0.717, 1.165) is 12.1 Å². The molecule has 0 aliphatic rings. The number of aromatic nitrogens is 2. The molecule has 0 saturated heterocycles. The van der Waals surface area contributed by atoms with E-state index in [2.05, 4.69) is 14.9 Å². The summed E-state index contributed by atoms with van der Waals surface area (Å²) in [4.78, 5) is 18.6. The molecule has 0 atom stereocenters. The van der Waals surface area contributed by atoms with Crippen LogP contribution in [0, 0.1) is 25.5 Å². The molecule has 0 radical (unpaired) electrons. The van der Waals surface area contributed by atoms with Gasteiger partial charge in [-0.05, 0) is 54.8 Å². The van der Waals surface area contributed by atoms with Gasteiger partial charge in [0.05, 0.1) is 23.2 Å². The Labute approximate surface area is 240 Å². The fourth-order valence-corrected chi connectivity index (χ4v) is 5.67. The van der Waals surface area contributed by atoms with Crippen LogP contribution in [0.1, 0.15) is 22.4 Å². The molecule has 0 spiro atoms. The summed E-state index contributed by atoms with van der Waals surface area (Å²) < 4.78 is 67.8. The van der Waals surface area contributed by atoms with Gasteiger partial charge >= 0.3 is 0 Å². The van der Waals surface area contributed by atoms with Gasteiger partial charge in [-0.2, -0.15) is 0 Å². The van der Waals surface area contributed by atoms with E-state index in [9.17, 15) is 22.0 Å². The molecule has 3 aromatic carbocycles. The van der Waals surface area contributed by atoms with Crippen LogP contribution < -0.4 is 4.72 Å². The van der Waals surface area contributed by atoms with Crippen LogP contribution in [0.2, 0.25) is 0 Å². The minimum atomic E-state index is -4.13. The van der Waals surface area contributed by atoms with Gasteiger partial charge in [-0.3, -0.25) is 4.79 Å². The summed E-state index contributed by atoms with van der Waals surface area (Å²) in [6.07, 6.45) is 2.63. The van der Waals surface area contributed by atoms with Crippen molar-refractivity contribution in [2.75, 3.05) is 11.8 Å². The van der Waals surface area contributed by atoms with Gasteiger partial charge in [0.25, 0.3) is 10.0 Å². The van der Waals surface area contributed by atoms with Crippen molar-refractivity contribution in [3.63, 3.8) is 0 Å². The van der Waals surface area contributed by atoms with E-state index in [4.69, 9.17) is 8.94 Å². The van der Waals surface area contributed by atoms with Crippen molar-refractivity contribution < 1.29 is 30.9 Å². The molecule has 0 aliphatic heterocycles. The average molecular weight is 593 g/mol. The molecular weight excluding hydrogens is 566 g/mol. The number of benzene rings is 3. The normalized spacial score (nSPS) is 11.5. The van der Waals surface area contributed by atoms with Crippen molar-refractivity contribution in [3.8, 4) is 22.6 Å². The Hall–Kier alpha value is -4.84. The predicted octanol–water partition coefficient (Wildman–Crippen LogP) is 5.89. The van der Waals surface area contributed by atoms with E-state index in [-0.39, 0.29) is 29.3 Å². The Morgan fingerprint density at radius 1 is 1.00 bits per heavy atom. The van der Waals surface area contributed by atoms with Crippen LogP contribution in [0.15, 0.2) is 87.0 Å². The van der Waals surface area contributed by atoms with Crippen LogP contribution in [0.5, 0.6) is 0 Å². The van der Waals surface area contributed by atoms with Crippen molar-refractivity contribution in [2.45, 2.75) is 31.7 Å². The van der Waals surface area contributed by atoms with Crippen LogP contribution in [-0.2, 0) is 27.8 Å². The largest absolute Gasteiger partial charge is 0.445 e. The number of carbonyl (C=O) groups is 1. The Bertz CT molecular complexity index is 1870. The summed E-state index contributed by atoms with van der Waals surface area (Å²) >= 11 is 0. The molecule has 0 saturated carbocycles. The molecule has 5 rings (SSSR count). The summed E-state index contributed by atoms with van der Waals surface area (Å²) in [6.45, 7) is 3.43. The lowest BCUT2D eigenvalue weighted by Crippen LogP contribution is -2.28. The molecule has 1 amide bonds. The number of nitrogens with zero attached hydrogens (tertiary/aromatic N) is 3. The van der Waals surface area contributed by atoms with E-state index < -0.39 is 27.6 Å². The first-order valence-electron chi connectivity index (χ1n) is 12.8. The third kappa shape index (κ3) is 5.93. The molecule has 0 aliphatic carbocycles. The molecule has 42 heavy (non-hydrogen) atoms. The fourth-order valence-electron chi connectivity index (χ4n) is 4.40. The third-order valence-corrected chi connectivity index (χ3v) is 8.21. The maximum absolute atomic E-state index is 14.2. The molecule has 2 heterocycles. The van der Waals surface area contributed by atoms with E-state index in [0.29, 0.717) is 39.4 Å². The summed E-state index contributed by atoms with van der Waals surface area (Å²) in [5.74, 6) is -1.62. The molecule has 12 heteroatoms. The number of rotatable bonds is 9. The van der Waals surface area contributed by atoms with Gasteiger partial charge in [-0.25, -0.2) is 26.9 Å². The molecule has 1 N–H and O–H groups in total. The molecule has 9 nitrogen and oxygen atoms in total. The molecule has 2 aromatic heterocycles. The quantitative estimate of drug-likeness (QED) is 0.227. The lowest BCUT2D eigenvalue weighted by molar-refractivity contribution is -0.129. The zero-order valence-corrected chi connectivity index (χ0v) is 23.7. The van der Waals surface area contributed by atoms with E-state index >= 15 is 0 Å². The van der Waals surface area contributed by atoms with Gasteiger partial charge in [0, 0.05) is 36.3 Å². The Morgan fingerprint density at radius 2 is 1.79 bits per heavy atom. The van der Waals surface area contributed by atoms with Crippen LogP contribution in [0.3, 0.4) is 0 Å². The number of aryl methyl sites for hydroxylation is 1. The highest BCUT2D eigenvalue weighted by Crippen LogP contribution is 2.34. The fraction of sp³-hybridized carbons (Fsp3) is 0.167. The molecule has 5 aromatic rings. The highest BCUT2D eigenvalue weighted by molar-refractivity contribution is 7.92. The maximum atomic E-state index is 14.2. The number of oxazole rings is 1. The zero-order valence-electron chi connectivity index (χ0n) is 22.9. The lowest BCUT2D eigenvalue weighted by atomic mass is 9.96. The summed E-state index contributed by atoms with van der Waals surface area (Å²) in [5, 5.41) is 3.82. The van der Waals surface area contributed by atoms with Crippen molar-refractivity contribution in [3.05, 3.63) is 107 Å². The number of anilines is 1. The van der Waals surface area contributed by atoms with Crippen molar-refractivity contribution in [2.24, 2.45) is 0 Å². The number of amides is 1. The lowest BCUT2D eigenvalue weighted by Gasteiger charge is -2.21. The highest BCUT2D eigenvalue weighted by Gasteiger charge is 2.25. The second-order valence-electron chi connectivity index (χ2n) is 9.70. The third-order valence-electron chi connectivity index (χ3n) is 6.83. The van der Waals surface area contributed by atoms with Gasteiger partial charge in [-0.15, -0.1) is 0 Å². The van der Waals surface area contributed by atoms with Gasteiger partial charge in [0.1, 0.15) is 17.9 Å². The predicted molar refractivity (Wildman–Crippen MR) is 151 cm³/mol. The first kappa shape index (κ1) is 28.7. The van der Waals surface area contributed by atoms with E-state index in [1.165, 1.54) is 29.5 Å². The minimum Gasteiger partial charge on any atom is -0.445 e. The SMILES string of the molecule is Cc1noc(NS(=O)(=O)c2ccccc2-c2ccc(-c3ncco3)cc2CN(C)C(=O)Cc2ccc(F)cc2F)c1C. The molecule has 0 bridgehead atoms. The first-order chi connectivity index (χ1) is 20.0. The minimum absolute atomic E-state index is 0.0140. The van der Waals surface area contributed by atoms with Crippen molar-refractivity contribution in [1.29, 1.82) is 0 Å². The Morgan fingerprint density at radius 3 is 2.48 bits per heavy atom. The Balaban J connectivity index is 1.53. The number of likely N-dealkylation sites (N-methyl/N-ethyl adjacent to an activating group) is 1. The monoisotopic (exact) mass is 592 g/mol. The Kier molecular flexibility index (Phi) is 7.90. The molecular formula is C30H26F2N4O5S. The average Bonchev–Trinajstić information content (AvgIpc) is 3.61. The zero-order chi connectivity index (χ0) is 30.0. The molecule has 0 unspecified atom stereocenters. The number of nitrogens with one attached hydrogen (secondary N) is 1. The van der Waals surface area contributed by atoms with Crippen LogP contribution in [0.25, 0.3) is 22.6 Å². The highest BCUT2D eigenvalue weighted by atomic mass is 32.2. The van der Waals surface area contributed by atoms with Gasteiger partial charge in [0.15, 0.2) is 0 Å². The number of halogens is 2. The summed E-state index contributed by atoms with van der Waals surface area (Å²) in [7, 11) is -2.59. The summed E-state index contributed by atoms with van der Waals surface area (Å²) in [6, 6.07) is 14.7. The van der Waals surface area contributed by atoms with Gasteiger partial charge in [0.2, 0.25) is 17.7 Å². The van der Waals surface area contributed by atoms with Crippen molar-refractivity contribution >= 4 is 21.8 Å². The number of carbonyl (C=O) groups excluding carboxylic acids is 1. The van der Waals surface area contributed by atoms with Crippen molar-refractivity contribution in [1.82, 2.24) is 15.0 Å². The summed E-state index contributed by atoms with van der Waals surface area (Å²) in [5.41, 5.74) is 3.26. The van der Waals surface area contributed by atoms with Crippen LogP contribution in [-0.4, -0.2) is 36.4 Å². The topological polar surface area (TPSA) is 119 Å².